The third-order valence-electron chi connectivity index (χ3n) is 3.44. The van der Waals surface area contributed by atoms with Gasteiger partial charge in [0.25, 0.3) is 0 Å². The monoisotopic (exact) mass is 245 g/mol. The summed E-state index contributed by atoms with van der Waals surface area (Å²) < 4.78 is 5.89. The van der Waals surface area contributed by atoms with Gasteiger partial charge in [-0.25, -0.2) is 4.98 Å². The SMILES string of the molecule is Cc1cc(C)c(C#N)c(OC2CCCCC2N)n1. The molecule has 2 unspecified atom stereocenters. The molecule has 1 fully saturated rings. The Kier molecular flexibility index (Phi) is 3.83. The minimum Gasteiger partial charge on any atom is -0.472 e. The lowest BCUT2D eigenvalue weighted by Gasteiger charge is -2.29. The summed E-state index contributed by atoms with van der Waals surface area (Å²) in [5, 5.41) is 9.18. The zero-order valence-corrected chi connectivity index (χ0v) is 10.9. The van der Waals surface area contributed by atoms with E-state index in [1.54, 1.807) is 0 Å². The lowest BCUT2D eigenvalue weighted by molar-refractivity contribution is 0.126. The standard InChI is InChI=1S/C14H19N3O/c1-9-7-10(2)17-14(11(9)8-15)18-13-6-4-3-5-12(13)16/h7,12-13H,3-6,16H2,1-2H3. The van der Waals surface area contributed by atoms with Gasteiger partial charge >= 0.3 is 0 Å². The molecule has 1 saturated carbocycles. The number of rotatable bonds is 2. The Morgan fingerprint density at radius 3 is 2.78 bits per heavy atom. The normalized spacial score (nSPS) is 23.4. The first-order chi connectivity index (χ1) is 8.61. The van der Waals surface area contributed by atoms with Crippen LogP contribution < -0.4 is 10.5 Å². The third kappa shape index (κ3) is 2.62. The van der Waals surface area contributed by atoms with E-state index in [0.29, 0.717) is 11.4 Å². The van der Waals surface area contributed by atoms with Crippen LogP contribution >= 0.6 is 0 Å². The molecule has 18 heavy (non-hydrogen) atoms. The van der Waals surface area contributed by atoms with Gasteiger partial charge in [0, 0.05) is 11.7 Å². The van der Waals surface area contributed by atoms with Crippen molar-refractivity contribution in [1.29, 1.82) is 5.26 Å². The number of aromatic nitrogens is 1. The minimum absolute atomic E-state index is 0.0143. The summed E-state index contributed by atoms with van der Waals surface area (Å²) in [7, 11) is 0. The maximum atomic E-state index is 9.18. The van der Waals surface area contributed by atoms with Crippen molar-refractivity contribution in [2.75, 3.05) is 0 Å². The van der Waals surface area contributed by atoms with Crippen LogP contribution in [0.15, 0.2) is 6.07 Å². The van der Waals surface area contributed by atoms with Crippen LogP contribution in [0, 0.1) is 25.2 Å². The number of nitrogens with zero attached hydrogens (tertiary/aromatic N) is 2. The molecule has 1 aromatic heterocycles. The van der Waals surface area contributed by atoms with Gasteiger partial charge in [0.2, 0.25) is 5.88 Å². The lowest BCUT2D eigenvalue weighted by Crippen LogP contribution is -2.41. The van der Waals surface area contributed by atoms with Crippen LogP contribution in [0.1, 0.15) is 42.5 Å². The van der Waals surface area contributed by atoms with Crippen molar-refractivity contribution in [2.24, 2.45) is 5.73 Å². The summed E-state index contributed by atoms with van der Waals surface area (Å²) in [6, 6.07) is 4.11. The molecule has 1 heterocycles. The van der Waals surface area contributed by atoms with E-state index in [4.69, 9.17) is 10.5 Å². The van der Waals surface area contributed by atoms with Crippen molar-refractivity contribution < 1.29 is 4.74 Å². The van der Waals surface area contributed by atoms with E-state index < -0.39 is 0 Å². The van der Waals surface area contributed by atoms with E-state index in [9.17, 15) is 5.26 Å². The maximum absolute atomic E-state index is 9.18. The number of hydrogen-bond acceptors (Lipinski definition) is 4. The number of nitrogens with two attached hydrogens (primary N) is 1. The van der Waals surface area contributed by atoms with Gasteiger partial charge < -0.3 is 10.5 Å². The summed E-state index contributed by atoms with van der Waals surface area (Å²) in [5.41, 5.74) is 8.36. The fourth-order valence-electron chi connectivity index (χ4n) is 2.44. The van der Waals surface area contributed by atoms with Crippen LogP contribution in [-0.2, 0) is 0 Å². The van der Waals surface area contributed by atoms with Crippen molar-refractivity contribution in [2.45, 2.75) is 51.7 Å². The molecule has 96 valence electrons. The molecule has 2 N–H and O–H groups in total. The third-order valence-corrected chi connectivity index (χ3v) is 3.44. The number of nitriles is 1. The van der Waals surface area contributed by atoms with Gasteiger partial charge in [0.15, 0.2) is 0 Å². The topological polar surface area (TPSA) is 71.9 Å². The predicted octanol–water partition coefficient (Wildman–Crippen LogP) is 2.22. The van der Waals surface area contributed by atoms with E-state index in [2.05, 4.69) is 11.1 Å². The summed E-state index contributed by atoms with van der Waals surface area (Å²) in [4.78, 5) is 4.33. The molecular weight excluding hydrogens is 226 g/mol. The summed E-state index contributed by atoms with van der Waals surface area (Å²) in [6.45, 7) is 3.81. The van der Waals surface area contributed by atoms with Gasteiger partial charge in [-0.1, -0.05) is 6.42 Å². The second-order valence-corrected chi connectivity index (χ2v) is 4.98. The zero-order valence-electron chi connectivity index (χ0n) is 10.9. The smallest absolute Gasteiger partial charge is 0.232 e. The fourth-order valence-corrected chi connectivity index (χ4v) is 2.44. The van der Waals surface area contributed by atoms with E-state index in [-0.39, 0.29) is 12.1 Å². The Morgan fingerprint density at radius 2 is 2.11 bits per heavy atom. The van der Waals surface area contributed by atoms with Gasteiger partial charge in [-0.2, -0.15) is 5.26 Å². The Bertz CT molecular complexity index is 479. The van der Waals surface area contributed by atoms with Crippen LogP contribution in [0.2, 0.25) is 0 Å². The Balaban J connectivity index is 2.25. The molecule has 4 nitrogen and oxygen atoms in total. The first-order valence-electron chi connectivity index (χ1n) is 6.42. The summed E-state index contributed by atoms with van der Waals surface area (Å²) in [6.07, 6.45) is 4.20. The highest BCUT2D eigenvalue weighted by atomic mass is 16.5. The van der Waals surface area contributed by atoms with Gasteiger partial charge in [0.05, 0.1) is 0 Å². The Hall–Kier alpha value is -1.60. The highest BCUT2D eigenvalue weighted by Crippen LogP contribution is 2.25. The van der Waals surface area contributed by atoms with Gasteiger partial charge in [0.1, 0.15) is 17.7 Å². The molecule has 1 aliphatic carbocycles. The molecule has 2 atom stereocenters. The molecule has 1 aromatic rings. The van der Waals surface area contributed by atoms with Crippen LogP contribution in [0.4, 0.5) is 0 Å². The average molecular weight is 245 g/mol. The van der Waals surface area contributed by atoms with Gasteiger partial charge in [-0.15, -0.1) is 0 Å². The van der Waals surface area contributed by atoms with Gasteiger partial charge in [-0.3, -0.25) is 0 Å². The van der Waals surface area contributed by atoms with Crippen molar-refractivity contribution >= 4 is 0 Å². The highest BCUT2D eigenvalue weighted by Gasteiger charge is 2.25. The quantitative estimate of drug-likeness (QED) is 0.867. The van der Waals surface area contributed by atoms with E-state index in [1.165, 1.54) is 0 Å². The van der Waals surface area contributed by atoms with E-state index in [1.807, 2.05) is 19.9 Å². The summed E-state index contributed by atoms with van der Waals surface area (Å²) in [5.74, 6) is 0.442. The zero-order chi connectivity index (χ0) is 13.1. The molecule has 0 saturated heterocycles. The average Bonchev–Trinajstić information content (AvgIpc) is 2.31. The minimum atomic E-state index is -0.0143. The molecular formula is C14H19N3O. The van der Waals surface area contributed by atoms with E-state index >= 15 is 0 Å². The van der Waals surface area contributed by atoms with Gasteiger partial charge in [-0.05, 0) is 44.7 Å². The molecule has 0 aliphatic heterocycles. The van der Waals surface area contributed by atoms with Crippen molar-refractivity contribution in [3.05, 3.63) is 22.9 Å². The summed E-state index contributed by atoms with van der Waals surface area (Å²) >= 11 is 0. The highest BCUT2D eigenvalue weighted by molar-refractivity contribution is 5.45. The molecule has 0 amide bonds. The maximum Gasteiger partial charge on any atom is 0.232 e. The largest absolute Gasteiger partial charge is 0.472 e. The van der Waals surface area contributed by atoms with Crippen molar-refractivity contribution in [3.8, 4) is 11.9 Å². The Labute approximate surface area is 108 Å². The van der Waals surface area contributed by atoms with Crippen LogP contribution in [0.3, 0.4) is 0 Å². The van der Waals surface area contributed by atoms with Crippen LogP contribution in [0.25, 0.3) is 0 Å². The number of hydrogen-bond donors (Lipinski definition) is 1. The first kappa shape index (κ1) is 12.8. The van der Waals surface area contributed by atoms with Crippen molar-refractivity contribution in [3.63, 3.8) is 0 Å². The molecule has 0 radical (unpaired) electrons. The Morgan fingerprint density at radius 1 is 1.39 bits per heavy atom. The molecule has 0 aromatic carbocycles. The second-order valence-electron chi connectivity index (χ2n) is 4.98. The molecule has 4 heteroatoms. The number of aryl methyl sites for hydroxylation is 2. The number of ether oxygens (including phenoxy) is 1. The molecule has 0 spiro atoms. The first-order valence-corrected chi connectivity index (χ1v) is 6.42. The van der Waals surface area contributed by atoms with E-state index in [0.717, 1.165) is 36.9 Å². The van der Waals surface area contributed by atoms with Crippen molar-refractivity contribution in [1.82, 2.24) is 4.98 Å². The molecule has 1 aliphatic rings. The van der Waals surface area contributed by atoms with Crippen LogP contribution in [0.5, 0.6) is 5.88 Å². The second kappa shape index (κ2) is 5.36. The predicted molar refractivity (Wildman–Crippen MR) is 69.3 cm³/mol. The van der Waals surface area contributed by atoms with Crippen LogP contribution in [-0.4, -0.2) is 17.1 Å². The number of pyridine rings is 1. The molecule has 0 bridgehead atoms. The molecule has 2 rings (SSSR count). The lowest BCUT2D eigenvalue weighted by atomic mass is 9.93. The fraction of sp³-hybridized carbons (Fsp3) is 0.571.